The van der Waals surface area contributed by atoms with Crippen LogP contribution in [0.2, 0.25) is 0 Å². The van der Waals surface area contributed by atoms with Crippen LogP contribution in [0.5, 0.6) is 0 Å². The van der Waals surface area contributed by atoms with E-state index in [0.29, 0.717) is 37.0 Å². The average Bonchev–Trinajstić information content (AvgIpc) is 3.47. The van der Waals surface area contributed by atoms with Gasteiger partial charge in [0.1, 0.15) is 17.5 Å². The summed E-state index contributed by atoms with van der Waals surface area (Å²) in [6, 6.07) is 15.4. The number of anilines is 3. The fraction of sp³-hybridized carbons (Fsp3) is 0.375. The minimum Gasteiger partial charge on any atom is -0.354 e. The topological polar surface area (TPSA) is 128 Å². The normalized spacial score (nSPS) is 18.2. The summed E-state index contributed by atoms with van der Waals surface area (Å²) in [6.45, 7) is 0.717. The summed E-state index contributed by atoms with van der Waals surface area (Å²) in [4.78, 5) is 30.6. The molecule has 0 bridgehead atoms. The first-order valence-electron chi connectivity index (χ1n) is 15.0. The van der Waals surface area contributed by atoms with Gasteiger partial charge < -0.3 is 15.5 Å². The molecule has 13 heteroatoms. The van der Waals surface area contributed by atoms with Gasteiger partial charge in [-0.1, -0.05) is 30.3 Å². The zero-order chi connectivity index (χ0) is 31.3. The fourth-order valence-electron chi connectivity index (χ4n) is 5.85. The second-order valence-electron chi connectivity index (χ2n) is 11.5. The molecule has 1 saturated carbocycles. The maximum atomic E-state index is 13.7. The number of halogens is 2. The maximum absolute atomic E-state index is 13.7. The monoisotopic (exact) mass is 612 g/mol. The molecule has 0 spiro atoms. The highest BCUT2D eigenvalue weighted by Gasteiger charge is 2.36. The predicted molar refractivity (Wildman–Crippen MR) is 166 cm³/mol. The number of aryl methyl sites for hydroxylation is 1. The molecule has 4 heterocycles. The molecule has 11 nitrogen and oxygen atoms in total. The highest BCUT2D eigenvalue weighted by atomic mass is 19.3. The van der Waals surface area contributed by atoms with Gasteiger partial charge in [-0.05, 0) is 43.4 Å². The van der Waals surface area contributed by atoms with Crippen LogP contribution in [0.15, 0.2) is 67.3 Å². The minimum atomic E-state index is -2.39. The molecule has 2 fully saturated rings. The van der Waals surface area contributed by atoms with E-state index in [1.54, 1.807) is 26.9 Å². The number of hydrogen-bond acceptors (Lipinski definition) is 8. The summed E-state index contributed by atoms with van der Waals surface area (Å²) in [6.07, 6.45) is 7.42. The van der Waals surface area contributed by atoms with E-state index in [1.165, 1.54) is 6.20 Å². The number of rotatable bonds is 9. The molecular formula is C32H34F2N10O. The van der Waals surface area contributed by atoms with Crippen LogP contribution in [-0.4, -0.2) is 62.4 Å². The van der Waals surface area contributed by atoms with Gasteiger partial charge in [-0.2, -0.15) is 15.3 Å². The van der Waals surface area contributed by atoms with Gasteiger partial charge in [0.15, 0.2) is 5.82 Å². The summed E-state index contributed by atoms with van der Waals surface area (Å²) in [5.41, 5.74) is 3.12. The lowest BCUT2D eigenvalue weighted by Gasteiger charge is -2.40. The smallest absolute Gasteiger partial charge is 0.323 e. The zero-order valence-electron chi connectivity index (χ0n) is 24.9. The predicted octanol–water partition coefficient (Wildman–Crippen LogP) is 4.98. The third-order valence-electron chi connectivity index (χ3n) is 8.39. The number of urea groups is 1. The number of aromatic nitrogens is 5. The van der Waals surface area contributed by atoms with E-state index in [1.807, 2.05) is 55.7 Å². The van der Waals surface area contributed by atoms with E-state index in [-0.39, 0.29) is 36.8 Å². The number of nitrogens with zero attached hydrogens (tertiary/aromatic N) is 8. The van der Waals surface area contributed by atoms with E-state index in [9.17, 15) is 18.8 Å². The van der Waals surface area contributed by atoms with Gasteiger partial charge >= 0.3 is 6.03 Å². The standard InChI is InChI=1S/C32H34F2N10O/c1-42-18-24(17-39-42)22-7-12-28(36-15-22)44(32(45)38-14-21-5-3-2-4-6-21)27-10-8-26(9-11-27)40-31-37-16-23(13-35)30(41-31)43-19-25(20-43)29(33)34/h2-7,12,15-18,25-27,29H,8-11,14,19-20H2,1H3,(H,38,45)(H,37,40,41). The molecule has 0 atom stereocenters. The molecule has 1 aliphatic carbocycles. The SMILES string of the molecule is Cn1cc(-c2ccc(N(C(=O)NCc3ccccc3)C3CCC(Nc4ncc(C#N)c(N5CC(C(F)F)C5)n4)CC3)nc2)cn1. The Bertz CT molecular complexity index is 1640. The number of alkyl halides is 2. The van der Waals surface area contributed by atoms with Crippen LogP contribution in [0.3, 0.4) is 0 Å². The lowest BCUT2D eigenvalue weighted by molar-refractivity contribution is 0.0611. The summed E-state index contributed by atoms with van der Waals surface area (Å²) in [5.74, 6) is 0.592. The van der Waals surface area contributed by atoms with Gasteiger partial charge in [0.25, 0.3) is 0 Å². The number of nitriles is 1. The van der Waals surface area contributed by atoms with Crippen LogP contribution >= 0.6 is 0 Å². The van der Waals surface area contributed by atoms with E-state index < -0.39 is 12.3 Å². The first kappa shape index (κ1) is 29.9. The largest absolute Gasteiger partial charge is 0.354 e. The first-order valence-corrected chi connectivity index (χ1v) is 15.0. The van der Waals surface area contributed by atoms with Crippen molar-refractivity contribution in [1.29, 1.82) is 5.26 Å². The van der Waals surface area contributed by atoms with E-state index in [4.69, 9.17) is 0 Å². The van der Waals surface area contributed by atoms with Crippen LogP contribution in [0.25, 0.3) is 11.1 Å². The molecular weight excluding hydrogens is 578 g/mol. The minimum absolute atomic E-state index is 0.0439. The Labute approximate surface area is 259 Å². The number of benzene rings is 1. The second-order valence-corrected chi connectivity index (χ2v) is 11.5. The van der Waals surface area contributed by atoms with Gasteiger partial charge in [0.05, 0.1) is 18.3 Å². The van der Waals surface area contributed by atoms with Crippen molar-refractivity contribution in [3.8, 4) is 17.2 Å². The van der Waals surface area contributed by atoms with E-state index >= 15 is 0 Å². The molecule has 2 amide bonds. The summed E-state index contributed by atoms with van der Waals surface area (Å²) in [5, 5.41) is 20.2. The van der Waals surface area contributed by atoms with E-state index in [2.05, 4.69) is 36.8 Å². The molecule has 1 aromatic carbocycles. The van der Waals surface area contributed by atoms with Gasteiger partial charge in [-0.25, -0.2) is 23.5 Å². The van der Waals surface area contributed by atoms with E-state index in [0.717, 1.165) is 29.5 Å². The first-order chi connectivity index (χ1) is 21.9. The molecule has 2 aliphatic rings. The van der Waals surface area contributed by atoms with Gasteiger partial charge in [-0.15, -0.1) is 0 Å². The van der Waals surface area contributed by atoms with Crippen molar-refractivity contribution >= 4 is 23.6 Å². The number of pyridine rings is 1. The second kappa shape index (κ2) is 13.3. The summed E-state index contributed by atoms with van der Waals surface area (Å²) >= 11 is 0. The zero-order valence-corrected chi connectivity index (χ0v) is 24.9. The number of nitrogens with one attached hydrogen (secondary N) is 2. The van der Waals surface area contributed by atoms with Crippen LogP contribution in [-0.2, 0) is 13.6 Å². The highest BCUT2D eigenvalue weighted by Crippen LogP contribution is 2.32. The molecule has 6 rings (SSSR count). The van der Waals surface area contributed by atoms with Crippen molar-refractivity contribution in [3.05, 3.63) is 78.4 Å². The molecule has 1 saturated heterocycles. The Balaban J connectivity index is 1.14. The molecule has 232 valence electrons. The summed E-state index contributed by atoms with van der Waals surface area (Å²) < 4.78 is 27.8. The number of amides is 2. The van der Waals surface area contributed by atoms with Gasteiger partial charge in [0.2, 0.25) is 12.4 Å². The van der Waals surface area contributed by atoms with Crippen molar-refractivity contribution < 1.29 is 13.6 Å². The maximum Gasteiger partial charge on any atom is 0.323 e. The third-order valence-corrected chi connectivity index (χ3v) is 8.39. The Kier molecular flexibility index (Phi) is 8.81. The highest BCUT2D eigenvalue weighted by molar-refractivity contribution is 5.91. The van der Waals surface area contributed by atoms with Gasteiger partial charge in [-0.3, -0.25) is 9.58 Å². The molecule has 1 aliphatic heterocycles. The lowest BCUT2D eigenvalue weighted by Crippen LogP contribution is -2.50. The quantitative estimate of drug-likeness (QED) is 0.271. The van der Waals surface area contributed by atoms with Crippen molar-refractivity contribution in [1.82, 2.24) is 30.0 Å². The van der Waals surface area contributed by atoms with Crippen LogP contribution in [0.4, 0.5) is 31.2 Å². The number of hydrogen-bond donors (Lipinski definition) is 2. The van der Waals surface area contributed by atoms with Crippen molar-refractivity contribution in [3.63, 3.8) is 0 Å². The molecule has 45 heavy (non-hydrogen) atoms. The van der Waals surface area contributed by atoms with Crippen LogP contribution < -0.4 is 20.4 Å². The third kappa shape index (κ3) is 6.85. The average molecular weight is 613 g/mol. The molecule has 2 N–H and O–H groups in total. The number of carbonyl (C=O) groups is 1. The summed E-state index contributed by atoms with van der Waals surface area (Å²) in [7, 11) is 1.86. The van der Waals surface area contributed by atoms with Crippen molar-refractivity contribution in [2.24, 2.45) is 13.0 Å². The molecule has 4 aromatic rings. The number of carbonyl (C=O) groups excluding carboxylic acids is 1. The Morgan fingerprint density at radius 1 is 1.04 bits per heavy atom. The Hall–Kier alpha value is -5.12. The van der Waals surface area contributed by atoms with Crippen LogP contribution in [0, 0.1) is 17.2 Å². The van der Waals surface area contributed by atoms with Crippen molar-refractivity contribution in [2.45, 2.75) is 50.7 Å². The molecule has 3 aromatic heterocycles. The molecule has 0 radical (unpaired) electrons. The van der Waals surface area contributed by atoms with Crippen LogP contribution in [0.1, 0.15) is 36.8 Å². The fourth-order valence-corrected chi connectivity index (χ4v) is 5.85. The van der Waals surface area contributed by atoms with Gasteiger partial charge in [0, 0.05) is 62.3 Å². The lowest BCUT2D eigenvalue weighted by atomic mass is 9.90. The van der Waals surface area contributed by atoms with Crippen molar-refractivity contribution in [2.75, 3.05) is 28.2 Å². The Morgan fingerprint density at radius 3 is 2.47 bits per heavy atom. The Morgan fingerprint density at radius 2 is 1.82 bits per heavy atom. The molecule has 0 unspecified atom stereocenters.